The van der Waals surface area contributed by atoms with Crippen LogP contribution in [0.3, 0.4) is 0 Å². The quantitative estimate of drug-likeness (QED) is 0.115. The van der Waals surface area contributed by atoms with Crippen molar-refractivity contribution in [2.45, 2.75) is 78.3 Å². The van der Waals surface area contributed by atoms with E-state index in [9.17, 15) is 10.2 Å². The molecule has 0 aliphatic rings. The molecule has 0 amide bonds. The first-order valence-electron chi connectivity index (χ1n) is 19.5. The van der Waals surface area contributed by atoms with Gasteiger partial charge < -0.3 is 24.1 Å². The summed E-state index contributed by atoms with van der Waals surface area (Å²) < 4.78 is 17.7. The van der Waals surface area contributed by atoms with Crippen molar-refractivity contribution in [2.75, 3.05) is 14.2 Å². The van der Waals surface area contributed by atoms with Gasteiger partial charge in [0, 0.05) is 14.2 Å². The molecule has 0 bridgehead atoms. The maximum atomic E-state index is 9.45. The Bertz CT molecular complexity index is 2110. The van der Waals surface area contributed by atoms with Gasteiger partial charge in [-0.3, -0.25) is 0 Å². The Labute approximate surface area is 335 Å². The number of aromatic hydroxyl groups is 2. The minimum absolute atomic E-state index is 0.253. The standard InChI is InChI=1S/C30H40O2Si.C20H18O3/c1-21(2)33(22(3)4,23(5)6)32-29-16-13-26(14-17-29)30-18-15-27(19-28(30)20-31-8)25-11-9-24(7)10-12-25;1-23-13-17-12-16(14-2-7-18(21)8-3-14)6-11-20(17)15-4-9-19(22)10-5-15/h9-19,21-23H,20H2,1-8H3;2-12,21-22H,13H2,1H3. The van der Waals surface area contributed by atoms with Gasteiger partial charge in [0.25, 0.3) is 8.32 Å². The molecule has 0 radical (unpaired) electrons. The maximum absolute atomic E-state index is 9.45. The Morgan fingerprint density at radius 2 is 0.786 bits per heavy atom. The fourth-order valence-corrected chi connectivity index (χ4v) is 13.2. The Hall–Kier alpha value is -5.14. The van der Waals surface area contributed by atoms with Crippen LogP contribution in [0.25, 0.3) is 44.5 Å². The zero-order valence-corrected chi connectivity index (χ0v) is 35.5. The molecule has 0 heterocycles. The van der Waals surface area contributed by atoms with Crippen molar-refractivity contribution in [1.82, 2.24) is 0 Å². The first-order chi connectivity index (χ1) is 26.9. The van der Waals surface area contributed by atoms with Gasteiger partial charge in [-0.1, -0.05) is 132 Å². The molecule has 0 saturated heterocycles. The second kappa shape index (κ2) is 19.1. The number of phenols is 2. The van der Waals surface area contributed by atoms with Crippen LogP contribution in [-0.4, -0.2) is 32.8 Å². The van der Waals surface area contributed by atoms with E-state index >= 15 is 0 Å². The van der Waals surface area contributed by atoms with Gasteiger partial charge in [0.1, 0.15) is 17.2 Å². The van der Waals surface area contributed by atoms with Crippen LogP contribution in [0.1, 0.15) is 58.2 Å². The molecule has 0 spiro atoms. The van der Waals surface area contributed by atoms with E-state index in [-0.39, 0.29) is 11.5 Å². The van der Waals surface area contributed by atoms with Crippen LogP contribution >= 0.6 is 0 Å². The summed E-state index contributed by atoms with van der Waals surface area (Å²) in [7, 11) is 1.47. The third-order valence-electron chi connectivity index (χ3n) is 10.7. The van der Waals surface area contributed by atoms with Gasteiger partial charge in [0.05, 0.1) is 13.2 Å². The van der Waals surface area contributed by atoms with Crippen LogP contribution in [0.4, 0.5) is 0 Å². The predicted molar refractivity (Wildman–Crippen MR) is 236 cm³/mol. The number of hydrogen-bond acceptors (Lipinski definition) is 5. The molecule has 6 rings (SSSR count). The highest BCUT2D eigenvalue weighted by atomic mass is 28.4. The van der Waals surface area contributed by atoms with Crippen LogP contribution in [0.2, 0.25) is 16.6 Å². The lowest BCUT2D eigenvalue weighted by Crippen LogP contribution is -2.50. The number of rotatable bonds is 13. The molecule has 292 valence electrons. The predicted octanol–water partition coefficient (Wildman–Crippen LogP) is 13.6. The summed E-state index contributed by atoms with van der Waals surface area (Å²) in [4.78, 5) is 0. The summed E-state index contributed by atoms with van der Waals surface area (Å²) in [6.07, 6.45) is 0. The molecule has 0 aliphatic carbocycles. The summed E-state index contributed by atoms with van der Waals surface area (Å²) in [5.41, 5.74) is 14.3. The number of hydrogen-bond donors (Lipinski definition) is 2. The fourth-order valence-electron chi connectivity index (χ4n) is 7.96. The molecule has 6 aromatic rings. The molecule has 2 N–H and O–H groups in total. The first kappa shape index (κ1) is 42.0. The van der Waals surface area contributed by atoms with Crippen molar-refractivity contribution in [1.29, 1.82) is 0 Å². The Balaban J connectivity index is 0.000000228. The molecule has 0 atom stereocenters. The second-order valence-corrected chi connectivity index (χ2v) is 20.9. The van der Waals surface area contributed by atoms with Crippen molar-refractivity contribution < 1.29 is 24.1 Å². The Kier molecular flexibility index (Phi) is 14.4. The summed E-state index contributed by atoms with van der Waals surface area (Å²) in [6.45, 7) is 17.2. The molecular formula is C50H58O5Si. The number of aryl methyl sites for hydroxylation is 1. The van der Waals surface area contributed by atoms with Crippen molar-refractivity contribution in [3.63, 3.8) is 0 Å². The smallest absolute Gasteiger partial charge is 0.258 e. The molecule has 56 heavy (non-hydrogen) atoms. The molecule has 0 aliphatic heterocycles. The number of ether oxygens (including phenoxy) is 2. The summed E-state index contributed by atoms with van der Waals surface area (Å²) in [5.74, 6) is 1.50. The van der Waals surface area contributed by atoms with E-state index in [0.29, 0.717) is 29.8 Å². The van der Waals surface area contributed by atoms with Gasteiger partial charge in [0.15, 0.2) is 0 Å². The Morgan fingerprint density at radius 1 is 0.446 bits per heavy atom. The minimum atomic E-state index is -1.96. The van der Waals surface area contributed by atoms with E-state index in [2.05, 4.69) is 127 Å². The number of phenolic OH excluding ortho intramolecular Hbond substituents is 2. The normalized spacial score (nSPS) is 11.5. The van der Waals surface area contributed by atoms with E-state index in [0.717, 1.165) is 33.6 Å². The van der Waals surface area contributed by atoms with E-state index in [4.69, 9.17) is 13.9 Å². The zero-order chi connectivity index (χ0) is 40.4. The SMILES string of the molecule is COCc1cc(-c2ccc(C)cc2)ccc1-c1ccc(O[Si](C(C)C)(C(C)C)C(C)C)cc1.COCc1cc(-c2ccc(O)cc2)ccc1-c1ccc(O)cc1. The van der Waals surface area contributed by atoms with Crippen molar-refractivity contribution >= 4 is 8.32 Å². The molecule has 6 heteroatoms. The topological polar surface area (TPSA) is 68.2 Å². The van der Waals surface area contributed by atoms with Crippen molar-refractivity contribution in [2.24, 2.45) is 0 Å². The summed E-state index contributed by atoms with van der Waals surface area (Å²) in [5, 5.41) is 18.9. The Morgan fingerprint density at radius 3 is 1.16 bits per heavy atom. The second-order valence-electron chi connectivity index (χ2n) is 15.5. The highest BCUT2D eigenvalue weighted by molar-refractivity contribution is 6.78. The lowest BCUT2D eigenvalue weighted by Gasteiger charge is -2.42. The lowest BCUT2D eigenvalue weighted by molar-refractivity contribution is 0.185. The zero-order valence-electron chi connectivity index (χ0n) is 34.5. The molecule has 5 nitrogen and oxygen atoms in total. The van der Waals surface area contributed by atoms with Gasteiger partial charge in [-0.05, 0) is 128 Å². The molecular weight excluding hydrogens is 709 g/mol. The van der Waals surface area contributed by atoms with Crippen LogP contribution in [0, 0.1) is 6.92 Å². The highest BCUT2D eigenvalue weighted by Crippen LogP contribution is 2.43. The lowest BCUT2D eigenvalue weighted by atomic mass is 9.95. The van der Waals surface area contributed by atoms with Crippen LogP contribution < -0.4 is 4.43 Å². The maximum Gasteiger partial charge on any atom is 0.258 e. The van der Waals surface area contributed by atoms with E-state index < -0.39 is 8.32 Å². The summed E-state index contributed by atoms with van der Waals surface area (Å²) in [6, 6.07) is 44.5. The van der Waals surface area contributed by atoms with E-state index in [1.807, 2.05) is 30.3 Å². The molecule has 0 unspecified atom stereocenters. The number of benzene rings is 6. The average molecular weight is 767 g/mol. The van der Waals surface area contributed by atoms with Gasteiger partial charge in [-0.25, -0.2) is 0 Å². The molecule has 6 aromatic carbocycles. The largest absolute Gasteiger partial charge is 0.543 e. The third kappa shape index (κ3) is 9.99. The van der Waals surface area contributed by atoms with Crippen LogP contribution in [0.5, 0.6) is 17.2 Å². The average Bonchev–Trinajstić information content (AvgIpc) is 3.18. The van der Waals surface area contributed by atoms with E-state index in [1.165, 1.54) is 33.4 Å². The molecule has 0 aromatic heterocycles. The van der Waals surface area contributed by atoms with Crippen molar-refractivity contribution in [3.05, 3.63) is 150 Å². The number of methoxy groups -OCH3 is 2. The van der Waals surface area contributed by atoms with Crippen LogP contribution in [0.15, 0.2) is 133 Å². The van der Waals surface area contributed by atoms with Gasteiger partial charge in [-0.15, -0.1) is 0 Å². The molecule has 0 fully saturated rings. The van der Waals surface area contributed by atoms with Gasteiger partial charge >= 0.3 is 0 Å². The fraction of sp³-hybridized carbons (Fsp3) is 0.280. The summed E-state index contributed by atoms with van der Waals surface area (Å²) >= 11 is 0. The monoisotopic (exact) mass is 766 g/mol. The third-order valence-corrected chi connectivity index (χ3v) is 16.7. The molecule has 0 saturated carbocycles. The van der Waals surface area contributed by atoms with Gasteiger partial charge in [-0.2, -0.15) is 0 Å². The minimum Gasteiger partial charge on any atom is -0.543 e. The van der Waals surface area contributed by atoms with Crippen molar-refractivity contribution in [3.8, 4) is 61.8 Å². The van der Waals surface area contributed by atoms with Gasteiger partial charge in [0.2, 0.25) is 0 Å². The van der Waals surface area contributed by atoms with Crippen LogP contribution in [-0.2, 0) is 22.7 Å². The highest BCUT2D eigenvalue weighted by Gasteiger charge is 2.47. The first-order valence-corrected chi connectivity index (χ1v) is 21.7. The van der Waals surface area contributed by atoms with E-state index in [1.54, 1.807) is 38.5 Å².